The number of hydrogen-bond donors (Lipinski definition) is 1. The zero-order valence-corrected chi connectivity index (χ0v) is 15.0. The van der Waals surface area contributed by atoms with E-state index in [4.69, 9.17) is 11.6 Å². The Morgan fingerprint density at radius 1 is 1.16 bits per heavy atom. The van der Waals surface area contributed by atoms with Gasteiger partial charge in [-0.3, -0.25) is 9.48 Å². The van der Waals surface area contributed by atoms with E-state index in [-0.39, 0.29) is 11.9 Å². The fourth-order valence-corrected chi connectivity index (χ4v) is 2.92. The van der Waals surface area contributed by atoms with Crippen molar-refractivity contribution in [2.24, 2.45) is 0 Å². The molecule has 0 aliphatic rings. The molecule has 0 saturated carbocycles. The lowest BCUT2D eigenvalue weighted by Gasteiger charge is -2.14. The molecule has 2 aromatic carbocycles. The molecule has 5 heteroatoms. The van der Waals surface area contributed by atoms with Crippen molar-refractivity contribution in [2.75, 3.05) is 0 Å². The number of carbonyl (C=O) groups is 1. The first-order chi connectivity index (χ1) is 12.1. The first-order valence-electron chi connectivity index (χ1n) is 8.28. The predicted octanol–water partition coefficient (Wildman–Crippen LogP) is 4.71. The topological polar surface area (TPSA) is 46.9 Å². The number of nitrogens with zero attached hydrogens (tertiary/aromatic N) is 2. The van der Waals surface area contributed by atoms with Crippen LogP contribution in [0.3, 0.4) is 0 Å². The summed E-state index contributed by atoms with van der Waals surface area (Å²) in [6.07, 6.45) is 0. The van der Waals surface area contributed by atoms with Crippen molar-refractivity contribution >= 4 is 17.5 Å². The highest BCUT2D eigenvalue weighted by atomic mass is 35.5. The van der Waals surface area contributed by atoms with E-state index in [0.717, 1.165) is 16.8 Å². The van der Waals surface area contributed by atoms with Crippen LogP contribution in [0.5, 0.6) is 0 Å². The van der Waals surface area contributed by atoms with Gasteiger partial charge in [0.05, 0.1) is 11.7 Å². The summed E-state index contributed by atoms with van der Waals surface area (Å²) in [5, 5.41) is 8.22. The van der Waals surface area contributed by atoms with Gasteiger partial charge in [-0.15, -0.1) is 0 Å². The molecule has 1 atom stereocenters. The monoisotopic (exact) mass is 353 g/mol. The molecule has 0 spiro atoms. The van der Waals surface area contributed by atoms with E-state index in [1.807, 2.05) is 74.5 Å². The fraction of sp³-hybridized carbons (Fsp3) is 0.200. The molecule has 0 bridgehead atoms. The lowest BCUT2D eigenvalue weighted by molar-refractivity contribution is 0.0929. The van der Waals surface area contributed by atoms with Crippen molar-refractivity contribution in [1.29, 1.82) is 0 Å². The largest absolute Gasteiger partial charge is 0.344 e. The van der Waals surface area contributed by atoms with Crippen molar-refractivity contribution in [3.63, 3.8) is 0 Å². The summed E-state index contributed by atoms with van der Waals surface area (Å²) in [6.45, 7) is 4.55. The Labute approximate surface area is 152 Å². The van der Waals surface area contributed by atoms with E-state index >= 15 is 0 Å². The smallest absolute Gasteiger partial charge is 0.270 e. The summed E-state index contributed by atoms with van der Waals surface area (Å²) in [7, 11) is 0. The third-order valence-electron chi connectivity index (χ3n) is 4.08. The van der Waals surface area contributed by atoms with Crippen LogP contribution < -0.4 is 5.32 Å². The van der Waals surface area contributed by atoms with Crippen molar-refractivity contribution in [1.82, 2.24) is 15.1 Å². The minimum absolute atomic E-state index is 0.0801. The third kappa shape index (κ3) is 3.91. The summed E-state index contributed by atoms with van der Waals surface area (Å²) in [6, 6.07) is 19.1. The predicted molar refractivity (Wildman–Crippen MR) is 101 cm³/mol. The number of hydrogen-bond acceptors (Lipinski definition) is 2. The number of carbonyl (C=O) groups excluding carboxylic acids is 1. The summed E-state index contributed by atoms with van der Waals surface area (Å²) < 4.78 is 1.71. The maximum Gasteiger partial charge on any atom is 0.270 e. The molecule has 0 aliphatic carbocycles. The summed E-state index contributed by atoms with van der Waals surface area (Å²) in [5.41, 5.74) is 3.24. The van der Waals surface area contributed by atoms with Gasteiger partial charge in [0.2, 0.25) is 0 Å². The van der Waals surface area contributed by atoms with Gasteiger partial charge in [-0.2, -0.15) is 5.10 Å². The first kappa shape index (κ1) is 17.2. The van der Waals surface area contributed by atoms with Crippen LogP contribution in [0.15, 0.2) is 60.7 Å². The van der Waals surface area contributed by atoms with E-state index in [9.17, 15) is 4.79 Å². The molecule has 0 radical (unpaired) electrons. The van der Waals surface area contributed by atoms with Gasteiger partial charge >= 0.3 is 0 Å². The minimum atomic E-state index is -0.140. The second-order valence-corrected chi connectivity index (χ2v) is 6.28. The normalized spacial score (nSPS) is 12.0. The van der Waals surface area contributed by atoms with Crippen LogP contribution in [-0.4, -0.2) is 15.7 Å². The van der Waals surface area contributed by atoms with Crippen LogP contribution in [0.2, 0.25) is 5.02 Å². The summed E-state index contributed by atoms with van der Waals surface area (Å²) >= 11 is 6.06. The average Bonchev–Trinajstić information content (AvgIpc) is 3.07. The van der Waals surface area contributed by atoms with Crippen molar-refractivity contribution in [3.05, 3.63) is 76.9 Å². The van der Waals surface area contributed by atoms with Gasteiger partial charge in [0.1, 0.15) is 5.69 Å². The number of aryl methyl sites for hydroxylation is 1. The van der Waals surface area contributed by atoms with Crippen LogP contribution >= 0.6 is 11.6 Å². The van der Waals surface area contributed by atoms with Crippen molar-refractivity contribution in [3.8, 4) is 11.3 Å². The molecule has 25 heavy (non-hydrogen) atoms. The van der Waals surface area contributed by atoms with Gasteiger partial charge in [0.25, 0.3) is 5.91 Å². The molecule has 1 aromatic heterocycles. The molecule has 4 nitrogen and oxygen atoms in total. The molecule has 0 fully saturated rings. The Morgan fingerprint density at radius 2 is 1.92 bits per heavy atom. The Kier molecular flexibility index (Phi) is 5.19. The molecule has 1 N–H and O–H groups in total. The summed E-state index contributed by atoms with van der Waals surface area (Å²) in [4.78, 5) is 12.7. The second-order valence-electron chi connectivity index (χ2n) is 5.85. The number of aromatic nitrogens is 2. The molecule has 1 heterocycles. The van der Waals surface area contributed by atoms with E-state index in [2.05, 4.69) is 10.4 Å². The molecule has 3 rings (SSSR count). The lowest BCUT2D eigenvalue weighted by atomic mass is 10.1. The Morgan fingerprint density at radius 3 is 2.60 bits per heavy atom. The maximum absolute atomic E-state index is 12.7. The fourth-order valence-electron chi connectivity index (χ4n) is 2.73. The van der Waals surface area contributed by atoms with Gasteiger partial charge in [-0.25, -0.2) is 0 Å². The van der Waals surface area contributed by atoms with Gasteiger partial charge in [-0.05, 0) is 37.6 Å². The van der Waals surface area contributed by atoms with Crippen LogP contribution in [-0.2, 0) is 6.54 Å². The van der Waals surface area contributed by atoms with Crippen LogP contribution in [0, 0.1) is 0 Å². The van der Waals surface area contributed by atoms with Crippen LogP contribution in [0.4, 0.5) is 0 Å². The Balaban J connectivity index is 1.85. The molecule has 0 saturated heterocycles. The first-order valence-corrected chi connectivity index (χ1v) is 8.66. The number of amides is 1. The van der Waals surface area contributed by atoms with Gasteiger partial charge < -0.3 is 5.32 Å². The van der Waals surface area contributed by atoms with E-state index < -0.39 is 0 Å². The van der Waals surface area contributed by atoms with Crippen molar-refractivity contribution in [2.45, 2.75) is 26.4 Å². The van der Waals surface area contributed by atoms with E-state index in [1.54, 1.807) is 4.68 Å². The molecule has 0 unspecified atom stereocenters. The average molecular weight is 354 g/mol. The number of halogens is 1. The standard InChI is InChI=1S/C20H20ClN3O/c1-3-24-19(13-18(23-24)16-10-7-11-17(21)12-16)20(25)22-14(2)15-8-5-4-6-9-15/h4-14H,3H2,1-2H3,(H,22,25)/t14-/m1/s1. The molecule has 3 aromatic rings. The SMILES string of the molecule is CCn1nc(-c2cccc(Cl)c2)cc1C(=O)N[C@H](C)c1ccccc1. The highest BCUT2D eigenvalue weighted by Crippen LogP contribution is 2.23. The Bertz CT molecular complexity index is 874. The number of nitrogens with one attached hydrogen (secondary N) is 1. The molecular formula is C20H20ClN3O. The molecular weight excluding hydrogens is 334 g/mol. The van der Waals surface area contributed by atoms with E-state index in [0.29, 0.717) is 17.3 Å². The summed E-state index contributed by atoms with van der Waals surface area (Å²) in [5.74, 6) is -0.140. The third-order valence-corrected chi connectivity index (χ3v) is 4.31. The van der Waals surface area contributed by atoms with Crippen LogP contribution in [0.25, 0.3) is 11.3 Å². The lowest BCUT2D eigenvalue weighted by Crippen LogP contribution is -2.28. The Hall–Kier alpha value is -2.59. The molecule has 1 amide bonds. The zero-order chi connectivity index (χ0) is 17.8. The van der Waals surface area contributed by atoms with Crippen molar-refractivity contribution < 1.29 is 4.79 Å². The second kappa shape index (κ2) is 7.53. The number of benzene rings is 2. The minimum Gasteiger partial charge on any atom is -0.344 e. The van der Waals surface area contributed by atoms with Gasteiger partial charge in [0, 0.05) is 17.1 Å². The number of rotatable bonds is 5. The molecule has 128 valence electrons. The van der Waals surface area contributed by atoms with E-state index in [1.165, 1.54) is 0 Å². The van der Waals surface area contributed by atoms with Crippen LogP contribution in [0.1, 0.15) is 35.9 Å². The van der Waals surface area contributed by atoms with Gasteiger partial charge in [0.15, 0.2) is 0 Å². The maximum atomic E-state index is 12.7. The quantitative estimate of drug-likeness (QED) is 0.721. The van der Waals surface area contributed by atoms with Gasteiger partial charge in [-0.1, -0.05) is 54.1 Å². The zero-order valence-electron chi connectivity index (χ0n) is 14.2. The highest BCUT2D eigenvalue weighted by molar-refractivity contribution is 6.30. The highest BCUT2D eigenvalue weighted by Gasteiger charge is 2.18. The molecule has 0 aliphatic heterocycles.